The van der Waals surface area contributed by atoms with Crippen molar-refractivity contribution < 1.29 is 29.2 Å². The van der Waals surface area contributed by atoms with E-state index in [1.807, 2.05) is 30.3 Å². The van der Waals surface area contributed by atoms with Crippen LogP contribution in [0.4, 0.5) is 0 Å². The number of ether oxygens (including phenoxy) is 3. The number of carbonyl (C=O) groups excluding carboxylic acids is 1. The molecule has 1 unspecified atom stereocenters. The van der Waals surface area contributed by atoms with Gasteiger partial charge >= 0.3 is 35.5 Å². The number of carbonyl (C=O) groups is 1. The molecule has 1 fully saturated rings. The van der Waals surface area contributed by atoms with Gasteiger partial charge in [0.1, 0.15) is 6.10 Å². The average molecular weight is 288 g/mol. The van der Waals surface area contributed by atoms with Crippen LogP contribution in [-0.2, 0) is 19.0 Å². The van der Waals surface area contributed by atoms with Crippen molar-refractivity contribution in [3.63, 3.8) is 0 Å². The van der Waals surface area contributed by atoms with Crippen LogP contribution in [0.3, 0.4) is 0 Å². The minimum atomic E-state index is -1.01. The Hall–Kier alpha value is -1.05. The van der Waals surface area contributed by atoms with E-state index in [0.717, 1.165) is 5.56 Å². The molecule has 0 radical (unpaired) electrons. The van der Waals surface area contributed by atoms with Crippen LogP contribution in [0.1, 0.15) is 11.9 Å². The molecule has 7 heteroatoms. The fraction of sp³-hybridized carbons (Fsp3) is 0.308. The van der Waals surface area contributed by atoms with Crippen molar-refractivity contribution in [2.45, 2.75) is 18.5 Å². The third-order valence-electron chi connectivity index (χ3n) is 3.06. The van der Waals surface area contributed by atoms with E-state index in [1.54, 1.807) is 0 Å². The fourth-order valence-electron chi connectivity index (χ4n) is 2.08. The van der Waals surface area contributed by atoms with Crippen LogP contribution in [0, 0.1) is 0 Å². The van der Waals surface area contributed by atoms with Gasteiger partial charge in [-0.2, -0.15) is 0 Å². The Morgan fingerprint density at radius 1 is 1.15 bits per heavy atom. The molecule has 3 rings (SSSR count). The van der Waals surface area contributed by atoms with Gasteiger partial charge in [0, 0.05) is 5.56 Å². The number of rotatable bonds is 2. The number of aliphatic hydroxyl groups excluding tert-OH is 2. The first kappa shape index (κ1) is 15.3. The Morgan fingerprint density at radius 3 is 2.45 bits per heavy atom. The Morgan fingerprint density at radius 2 is 1.85 bits per heavy atom. The zero-order valence-electron chi connectivity index (χ0n) is 9.85. The predicted octanol–water partition coefficient (Wildman–Crippen LogP) is 0.705. The summed E-state index contributed by atoms with van der Waals surface area (Å²) >= 11 is 0. The van der Waals surface area contributed by atoms with E-state index in [2.05, 4.69) is 0 Å². The summed E-state index contributed by atoms with van der Waals surface area (Å²) in [5.74, 6) is -2.22. The van der Waals surface area contributed by atoms with E-state index in [0.29, 0.717) is 0 Å². The van der Waals surface area contributed by atoms with Gasteiger partial charge in [-0.05, 0) is 0 Å². The molecule has 6 nitrogen and oxygen atoms in total. The molecule has 102 valence electrons. The molecule has 0 saturated carbocycles. The molecule has 1 aromatic rings. The third kappa shape index (κ3) is 2.70. The van der Waals surface area contributed by atoms with Gasteiger partial charge in [0.25, 0.3) is 0 Å². The Labute approximate surface area is 137 Å². The molecule has 0 aliphatic carbocycles. The van der Waals surface area contributed by atoms with Crippen molar-refractivity contribution in [3.05, 3.63) is 47.4 Å². The minimum absolute atomic E-state index is 0. The molecule has 0 bridgehead atoms. The van der Waals surface area contributed by atoms with Crippen LogP contribution >= 0.6 is 0 Å². The normalized spacial score (nSPS) is 29.2. The van der Waals surface area contributed by atoms with Crippen molar-refractivity contribution in [2.75, 3.05) is 6.61 Å². The monoisotopic (exact) mass is 288 g/mol. The second kappa shape index (κ2) is 6.15. The molecule has 0 spiro atoms. The molecule has 2 heterocycles. The van der Waals surface area contributed by atoms with Crippen molar-refractivity contribution in [1.82, 2.24) is 0 Å². The van der Waals surface area contributed by atoms with Crippen LogP contribution in [0.25, 0.3) is 0 Å². The zero-order valence-corrected chi connectivity index (χ0v) is 9.85. The van der Waals surface area contributed by atoms with Crippen molar-refractivity contribution in [2.24, 2.45) is 0 Å². The van der Waals surface area contributed by atoms with Crippen LogP contribution < -0.4 is 0 Å². The molecular formula is C13H13NaO6. The molecule has 0 amide bonds. The van der Waals surface area contributed by atoms with Gasteiger partial charge < -0.3 is 24.4 Å². The first-order valence-electron chi connectivity index (χ1n) is 5.82. The summed E-state index contributed by atoms with van der Waals surface area (Å²) in [4.78, 5) is 11.1. The number of esters is 1. The van der Waals surface area contributed by atoms with E-state index in [1.165, 1.54) is 0 Å². The number of benzene rings is 1. The number of hydrogen-bond donors (Lipinski definition) is 2. The maximum absolute atomic E-state index is 11.1. The molecule has 1 aromatic carbocycles. The number of hydrogen-bond acceptors (Lipinski definition) is 6. The standard InChI is InChI=1S/C13H12O6.Na.H/c14-9-10(15)12(16)19-11(9)8-6-17-13(18-8)7-4-2-1-3-5-7;;/h1-5,8,11,13-15H,6H2;;/t8-,11+,13?;;/m0../s1. The summed E-state index contributed by atoms with van der Waals surface area (Å²) < 4.78 is 15.9. The third-order valence-corrected chi connectivity index (χ3v) is 3.06. The molecule has 3 atom stereocenters. The molecule has 0 aromatic heterocycles. The molecule has 2 aliphatic rings. The zero-order chi connectivity index (χ0) is 13.4. The first-order valence-corrected chi connectivity index (χ1v) is 5.82. The van der Waals surface area contributed by atoms with Gasteiger partial charge in [0.05, 0.1) is 6.61 Å². The van der Waals surface area contributed by atoms with Gasteiger partial charge in [0.15, 0.2) is 18.2 Å². The van der Waals surface area contributed by atoms with Crippen molar-refractivity contribution in [1.29, 1.82) is 0 Å². The van der Waals surface area contributed by atoms with E-state index >= 15 is 0 Å². The van der Waals surface area contributed by atoms with Crippen LogP contribution in [0.15, 0.2) is 41.9 Å². The Bertz CT molecular complexity index is 529. The van der Waals surface area contributed by atoms with Crippen LogP contribution in [0.5, 0.6) is 0 Å². The summed E-state index contributed by atoms with van der Waals surface area (Å²) in [6, 6.07) is 9.28. The van der Waals surface area contributed by atoms with E-state index in [9.17, 15) is 15.0 Å². The van der Waals surface area contributed by atoms with E-state index in [4.69, 9.17) is 14.2 Å². The van der Waals surface area contributed by atoms with E-state index in [-0.39, 0.29) is 36.2 Å². The molecule has 20 heavy (non-hydrogen) atoms. The van der Waals surface area contributed by atoms with Gasteiger partial charge in [0.2, 0.25) is 5.76 Å². The first-order chi connectivity index (χ1) is 9.16. The Kier molecular flexibility index (Phi) is 4.72. The van der Waals surface area contributed by atoms with Gasteiger partial charge in [-0.3, -0.25) is 0 Å². The maximum atomic E-state index is 11.1. The van der Waals surface area contributed by atoms with E-state index < -0.39 is 36.0 Å². The number of cyclic esters (lactones) is 1. The number of aliphatic hydroxyl groups is 2. The summed E-state index contributed by atoms with van der Waals surface area (Å²) in [6.45, 7) is 0.162. The van der Waals surface area contributed by atoms with Crippen LogP contribution in [-0.4, -0.2) is 64.6 Å². The molecule has 1 saturated heterocycles. The second-order valence-electron chi connectivity index (χ2n) is 4.31. The van der Waals surface area contributed by atoms with Gasteiger partial charge in [-0.15, -0.1) is 0 Å². The van der Waals surface area contributed by atoms with Gasteiger partial charge in [-0.25, -0.2) is 4.79 Å². The topological polar surface area (TPSA) is 85.2 Å². The SMILES string of the molecule is O=C1O[C@H]([C@@H]2COC(c3ccccc3)O2)C(O)=C1O.[NaH]. The van der Waals surface area contributed by atoms with Crippen LogP contribution in [0.2, 0.25) is 0 Å². The predicted molar refractivity (Wildman–Crippen MR) is 69.3 cm³/mol. The van der Waals surface area contributed by atoms with Crippen molar-refractivity contribution in [3.8, 4) is 0 Å². The summed E-state index contributed by atoms with van der Waals surface area (Å²) in [5.41, 5.74) is 0.835. The molecular weight excluding hydrogens is 275 g/mol. The summed E-state index contributed by atoms with van der Waals surface area (Å²) in [6.07, 6.45) is -2.22. The van der Waals surface area contributed by atoms with Gasteiger partial charge in [-0.1, -0.05) is 30.3 Å². The quantitative estimate of drug-likeness (QED) is 0.615. The van der Waals surface area contributed by atoms with Crippen molar-refractivity contribution >= 4 is 35.5 Å². The summed E-state index contributed by atoms with van der Waals surface area (Å²) in [7, 11) is 0. The average Bonchev–Trinajstić information content (AvgIpc) is 3.01. The molecule has 2 aliphatic heterocycles. The fourth-order valence-corrected chi connectivity index (χ4v) is 2.08. The summed E-state index contributed by atoms with van der Waals surface area (Å²) in [5, 5.41) is 18.8. The Balaban J connectivity index is 0.00000147. The molecule has 2 N–H and O–H groups in total. The second-order valence-corrected chi connectivity index (χ2v) is 4.31.